The Morgan fingerprint density at radius 2 is 1.86 bits per heavy atom. The minimum Gasteiger partial charge on any atom is -0.491 e. The summed E-state index contributed by atoms with van der Waals surface area (Å²) in [5.74, 6) is -1.54. The third-order valence-corrected chi connectivity index (χ3v) is 4.16. The molecule has 0 bridgehead atoms. The first-order valence-corrected chi connectivity index (χ1v) is 8.12. The van der Waals surface area contributed by atoms with Crippen molar-refractivity contribution in [3.8, 4) is 5.75 Å². The van der Waals surface area contributed by atoms with Crippen molar-refractivity contribution in [2.75, 3.05) is 11.3 Å². The number of hydrogen-bond donors (Lipinski definition) is 1. The van der Waals surface area contributed by atoms with Gasteiger partial charge in [0.25, 0.3) is 10.0 Å². The molecular weight excluding hydrogens is 312 g/mol. The minimum atomic E-state index is -4.26. The summed E-state index contributed by atoms with van der Waals surface area (Å²) in [7, 11) is -4.26. The van der Waals surface area contributed by atoms with Crippen molar-refractivity contribution >= 4 is 15.7 Å². The molecule has 0 aliphatic rings. The number of halogens is 2. The molecule has 4 nitrogen and oxygen atoms in total. The van der Waals surface area contributed by atoms with Gasteiger partial charge in [0, 0.05) is 0 Å². The lowest BCUT2D eigenvalue weighted by Gasteiger charge is -2.13. The van der Waals surface area contributed by atoms with E-state index in [1.165, 1.54) is 6.07 Å². The van der Waals surface area contributed by atoms with Gasteiger partial charge in [-0.3, -0.25) is 4.72 Å². The Labute approximate surface area is 127 Å². The maximum absolute atomic E-state index is 13.7. The summed E-state index contributed by atoms with van der Waals surface area (Å²) in [6.45, 7) is 2.32. The van der Waals surface area contributed by atoms with Gasteiger partial charge in [0.1, 0.15) is 22.3 Å². The number of rotatable bonds is 6. The zero-order valence-corrected chi connectivity index (χ0v) is 12.7. The van der Waals surface area contributed by atoms with Gasteiger partial charge in [-0.25, -0.2) is 17.2 Å². The number of para-hydroxylation sites is 2. The molecule has 2 aromatic carbocycles. The number of benzene rings is 2. The van der Waals surface area contributed by atoms with Crippen LogP contribution in [0.1, 0.15) is 13.3 Å². The molecule has 0 fully saturated rings. The molecular formula is C15H15F2NO3S. The van der Waals surface area contributed by atoms with E-state index in [2.05, 4.69) is 4.72 Å². The molecule has 0 aliphatic carbocycles. The monoisotopic (exact) mass is 327 g/mol. The Morgan fingerprint density at radius 1 is 1.14 bits per heavy atom. The normalized spacial score (nSPS) is 11.2. The summed E-state index contributed by atoms with van der Waals surface area (Å²) in [4.78, 5) is -0.752. The van der Waals surface area contributed by atoms with Gasteiger partial charge in [-0.1, -0.05) is 19.1 Å². The van der Waals surface area contributed by atoms with Gasteiger partial charge < -0.3 is 4.74 Å². The predicted octanol–water partition coefficient (Wildman–Crippen LogP) is 3.55. The van der Waals surface area contributed by atoms with Crippen molar-refractivity contribution in [2.24, 2.45) is 0 Å². The Kier molecular flexibility index (Phi) is 4.97. The molecule has 0 unspecified atom stereocenters. The van der Waals surface area contributed by atoms with Crippen LogP contribution in [0.25, 0.3) is 0 Å². The molecule has 1 N–H and O–H groups in total. The van der Waals surface area contributed by atoms with Gasteiger partial charge in [-0.05, 0) is 36.8 Å². The van der Waals surface area contributed by atoms with Gasteiger partial charge in [0.05, 0.1) is 12.3 Å². The molecule has 22 heavy (non-hydrogen) atoms. The van der Waals surface area contributed by atoms with Gasteiger partial charge in [0.15, 0.2) is 0 Å². The average Bonchev–Trinajstić information content (AvgIpc) is 2.48. The zero-order valence-electron chi connectivity index (χ0n) is 11.8. The summed E-state index contributed by atoms with van der Waals surface area (Å²) < 4.78 is 58.9. The first-order valence-electron chi connectivity index (χ1n) is 6.63. The number of hydrogen-bond acceptors (Lipinski definition) is 3. The van der Waals surface area contributed by atoms with E-state index in [1.54, 1.807) is 18.2 Å². The average molecular weight is 327 g/mol. The van der Waals surface area contributed by atoms with Crippen molar-refractivity contribution in [3.05, 3.63) is 54.1 Å². The topological polar surface area (TPSA) is 55.4 Å². The standard InChI is InChI=1S/C15H15F2NO3S/c1-2-9-21-14-6-4-3-5-13(14)18-22(19,20)15-10-11(16)7-8-12(15)17/h3-8,10,18H,2,9H2,1H3. The lowest BCUT2D eigenvalue weighted by molar-refractivity contribution is 0.319. The number of anilines is 1. The van der Waals surface area contributed by atoms with Gasteiger partial charge in [0.2, 0.25) is 0 Å². The quantitative estimate of drug-likeness (QED) is 0.883. The highest BCUT2D eigenvalue weighted by atomic mass is 32.2. The number of sulfonamides is 1. The summed E-state index contributed by atoms with van der Waals surface area (Å²) in [6, 6.07) is 8.63. The smallest absolute Gasteiger partial charge is 0.265 e. The molecule has 0 saturated carbocycles. The second-order valence-corrected chi connectivity index (χ2v) is 6.18. The molecule has 0 atom stereocenters. The summed E-state index contributed by atoms with van der Waals surface area (Å²) in [6.07, 6.45) is 0.750. The van der Waals surface area contributed by atoms with E-state index in [0.717, 1.165) is 18.6 Å². The van der Waals surface area contributed by atoms with E-state index in [4.69, 9.17) is 4.74 Å². The maximum atomic E-state index is 13.7. The van der Waals surface area contributed by atoms with Crippen LogP contribution in [0.15, 0.2) is 47.4 Å². The van der Waals surface area contributed by atoms with Crippen molar-refractivity contribution in [3.63, 3.8) is 0 Å². The van der Waals surface area contributed by atoms with Crippen LogP contribution in [0.3, 0.4) is 0 Å². The van der Waals surface area contributed by atoms with Crippen LogP contribution in [-0.2, 0) is 10.0 Å². The fourth-order valence-electron chi connectivity index (χ4n) is 1.77. The van der Waals surface area contributed by atoms with E-state index in [0.29, 0.717) is 18.4 Å². The molecule has 0 spiro atoms. The van der Waals surface area contributed by atoms with E-state index in [1.807, 2.05) is 6.92 Å². The van der Waals surface area contributed by atoms with Crippen molar-refractivity contribution < 1.29 is 21.9 Å². The Hall–Kier alpha value is -2.15. The fraction of sp³-hybridized carbons (Fsp3) is 0.200. The molecule has 0 aromatic heterocycles. The molecule has 2 rings (SSSR count). The molecule has 2 aromatic rings. The van der Waals surface area contributed by atoms with E-state index in [9.17, 15) is 17.2 Å². The third-order valence-electron chi connectivity index (χ3n) is 2.78. The molecule has 0 radical (unpaired) electrons. The van der Waals surface area contributed by atoms with Crippen LogP contribution in [-0.4, -0.2) is 15.0 Å². The number of ether oxygens (including phenoxy) is 1. The Morgan fingerprint density at radius 3 is 2.59 bits per heavy atom. The molecule has 7 heteroatoms. The lowest BCUT2D eigenvalue weighted by atomic mass is 10.3. The van der Waals surface area contributed by atoms with Crippen LogP contribution in [0.5, 0.6) is 5.75 Å². The van der Waals surface area contributed by atoms with Crippen molar-refractivity contribution in [1.29, 1.82) is 0 Å². The Bertz CT molecular complexity index is 763. The van der Waals surface area contributed by atoms with Gasteiger partial charge in [-0.15, -0.1) is 0 Å². The van der Waals surface area contributed by atoms with Crippen LogP contribution in [0.2, 0.25) is 0 Å². The first-order chi connectivity index (χ1) is 10.4. The maximum Gasteiger partial charge on any atom is 0.265 e. The molecule has 0 heterocycles. The largest absolute Gasteiger partial charge is 0.491 e. The molecule has 0 saturated heterocycles. The van der Waals surface area contributed by atoms with Gasteiger partial charge in [-0.2, -0.15) is 0 Å². The first kappa shape index (κ1) is 16.2. The van der Waals surface area contributed by atoms with E-state index < -0.39 is 26.6 Å². The van der Waals surface area contributed by atoms with Crippen LogP contribution >= 0.6 is 0 Å². The summed E-state index contributed by atoms with van der Waals surface area (Å²) in [5, 5.41) is 0. The molecule has 118 valence electrons. The summed E-state index contributed by atoms with van der Waals surface area (Å²) in [5.41, 5.74) is 0.166. The second-order valence-electron chi connectivity index (χ2n) is 4.52. The SMILES string of the molecule is CCCOc1ccccc1NS(=O)(=O)c1cc(F)ccc1F. The van der Waals surface area contributed by atoms with Gasteiger partial charge >= 0.3 is 0 Å². The highest BCUT2D eigenvalue weighted by Gasteiger charge is 2.21. The fourth-order valence-corrected chi connectivity index (χ4v) is 2.93. The zero-order chi connectivity index (χ0) is 16.2. The third kappa shape index (κ3) is 3.73. The predicted molar refractivity (Wildman–Crippen MR) is 79.4 cm³/mol. The van der Waals surface area contributed by atoms with Crippen LogP contribution in [0.4, 0.5) is 14.5 Å². The van der Waals surface area contributed by atoms with E-state index >= 15 is 0 Å². The van der Waals surface area contributed by atoms with E-state index in [-0.39, 0.29) is 5.69 Å². The minimum absolute atomic E-state index is 0.166. The number of nitrogens with one attached hydrogen (secondary N) is 1. The van der Waals surface area contributed by atoms with Crippen LogP contribution in [0, 0.1) is 11.6 Å². The van der Waals surface area contributed by atoms with Crippen molar-refractivity contribution in [2.45, 2.75) is 18.2 Å². The Balaban J connectivity index is 2.35. The molecule has 0 aliphatic heterocycles. The lowest BCUT2D eigenvalue weighted by Crippen LogP contribution is -2.15. The molecule has 0 amide bonds. The summed E-state index contributed by atoms with van der Waals surface area (Å²) >= 11 is 0. The van der Waals surface area contributed by atoms with Crippen LogP contribution < -0.4 is 9.46 Å². The second kappa shape index (κ2) is 6.74. The highest BCUT2D eigenvalue weighted by molar-refractivity contribution is 7.92. The highest BCUT2D eigenvalue weighted by Crippen LogP contribution is 2.27. The van der Waals surface area contributed by atoms with Crippen molar-refractivity contribution in [1.82, 2.24) is 0 Å².